The molecule has 1 aromatic heterocycles. The maximum absolute atomic E-state index is 12.8. The lowest BCUT2D eigenvalue weighted by Crippen LogP contribution is -2.41. The van der Waals surface area contributed by atoms with E-state index >= 15 is 0 Å². The van der Waals surface area contributed by atoms with Crippen LogP contribution in [0.15, 0.2) is 18.5 Å². The predicted molar refractivity (Wildman–Crippen MR) is 62.8 cm³/mol. The van der Waals surface area contributed by atoms with Crippen molar-refractivity contribution in [2.45, 2.75) is 25.8 Å². The number of aromatic nitrogens is 1. The molecule has 0 saturated carbocycles. The van der Waals surface area contributed by atoms with Gasteiger partial charge in [0.25, 0.3) is 6.43 Å². The Bertz CT molecular complexity index is 589. The second kappa shape index (κ2) is 5.20. The summed E-state index contributed by atoms with van der Waals surface area (Å²) in [5.41, 5.74) is -0.250. The van der Waals surface area contributed by atoms with Crippen LogP contribution in [0.5, 0.6) is 0 Å². The molecule has 1 aliphatic rings. The van der Waals surface area contributed by atoms with E-state index in [2.05, 4.69) is 4.98 Å². The molecule has 0 aliphatic carbocycles. The van der Waals surface area contributed by atoms with E-state index in [9.17, 15) is 22.0 Å². The fraction of sp³-hybridized carbons (Fsp3) is 0.455. The largest absolute Gasteiger partial charge is 0.274 e. The molecule has 0 atom stereocenters. The molecule has 1 saturated heterocycles. The second-order valence-corrected chi connectivity index (χ2v) is 6.21. The van der Waals surface area contributed by atoms with Crippen LogP contribution >= 0.6 is 0 Å². The third-order valence-corrected chi connectivity index (χ3v) is 4.71. The lowest BCUT2D eigenvalue weighted by atomic mass is 10.1. The van der Waals surface area contributed by atoms with Crippen LogP contribution in [0.4, 0.5) is 8.78 Å². The summed E-state index contributed by atoms with van der Waals surface area (Å²) in [6.45, 7) is -0.358. The van der Waals surface area contributed by atoms with Gasteiger partial charge in [-0.25, -0.2) is 21.5 Å². The van der Waals surface area contributed by atoms with Gasteiger partial charge in [-0.3, -0.25) is 9.78 Å². The molecule has 0 radical (unpaired) electrons. The van der Waals surface area contributed by atoms with Gasteiger partial charge in [-0.15, -0.1) is 0 Å². The van der Waals surface area contributed by atoms with Gasteiger partial charge in [-0.2, -0.15) is 0 Å². The molecule has 1 fully saturated rings. The minimum absolute atomic E-state index is 0.101. The van der Waals surface area contributed by atoms with Gasteiger partial charge in [0, 0.05) is 24.4 Å². The quantitative estimate of drug-likeness (QED) is 0.845. The molecular weight excluding hydrogens is 278 g/mol. The van der Waals surface area contributed by atoms with Crippen molar-refractivity contribution in [2.75, 3.05) is 5.75 Å². The zero-order valence-corrected chi connectivity index (χ0v) is 10.7. The van der Waals surface area contributed by atoms with Crippen molar-refractivity contribution in [3.8, 4) is 0 Å². The van der Waals surface area contributed by atoms with E-state index in [0.717, 1.165) is 6.20 Å². The van der Waals surface area contributed by atoms with Gasteiger partial charge < -0.3 is 0 Å². The zero-order chi connectivity index (χ0) is 14.0. The predicted octanol–water partition coefficient (Wildman–Crippen LogP) is 1.47. The van der Waals surface area contributed by atoms with Crippen LogP contribution in [0, 0.1) is 0 Å². The minimum Gasteiger partial charge on any atom is -0.274 e. The molecule has 2 rings (SSSR count). The first kappa shape index (κ1) is 13.9. The van der Waals surface area contributed by atoms with Gasteiger partial charge in [-0.05, 0) is 18.1 Å². The first-order valence-electron chi connectivity index (χ1n) is 5.66. The number of hydrogen-bond acceptors (Lipinski definition) is 4. The average Bonchev–Trinajstić information content (AvgIpc) is 2.34. The summed E-state index contributed by atoms with van der Waals surface area (Å²) < 4.78 is 49.8. The summed E-state index contributed by atoms with van der Waals surface area (Å²) in [4.78, 5) is 15.2. The van der Waals surface area contributed by atoms with Crippen molar-refractivity contribution in [3.05, 3.63) is 29.6 Å². The Balaban J connectivity index is 2.32. The Labute approximate surface area is 109 Å². The molecule has 2 heterocycles. The van der Waals surface area contributed by atoms with Crippen LogP contribution < -0.4 is 0 Å². The molecular formula is C11H12F2N2O3S. The van der Waals surface area contributed by atoms with Crippen LogP contribution in [0.3, 0.4) is 0 Å². The molecule has 5 nitrogen and oxygen atoms in total. The first-order chi connectivity index (χ1) is 8.92. The average molecular weight is 290 g/mol. The van der Waals surface area contributed by atoms with Gasteiger partial charge in [0.05, 0.1) is 12.3 Å². The number of rotatable bonds is 3. The highest BCUT2D eigenvalue weighted by atomic mass is 32.2. The number of pyridine rings is 1. The summed E-state index contributed by atoms with van der Waals surface area (Å²) in [7, 11) is -3.69. The molecule has 0 bridgehead atoms. The molecule has 0 N–H and O–H groups in total. The van der Waals surface area contributed by atoms with Crippen LogP contribution in [-0.4, -0.2) is 29.4 Å². The number of sulfonamides is 1. The highest BCUT2D eigenvalue weighted by Crippen LogP contribution is 2.25. The van der Waals surface area contributed by atoms with E-state index in [1.54, 1.807) is 0 Å². The van der Waals surface area contributed by atoms with Gasteiger partial charge in [0.1, 0.15) is 0 Å². The Morgan fingerprint density at radius 3 is 2.79 bits per heavy atom. The van der Waals surface area contributed by atoms with Crippen molar-refractivity contribution in [2.24, 2.45) is 0 Å². The van der Waals surface area contributed by atoms with Crippen LogP contribution in [0.2, 0.25) is 0 Å². The van der Waals surface area contributed by atoms with Crippen molar-refractivity contribution in [1.82, 2.24) is 9.29 Å². The lowest BCUT2D eigenvalue weighted by Gasteiger charge is -2.27. The fourth-order valence-electron chi connectivity index (χ4n) is 1.91. The Morgan fingerprint density at radius 1 is 1.42 bits per heavy atom. The summed E-state index contributed by atoms with van der Waals surface area (Å²) in [6, 6.07) is 1.30. The van der Waals surface area contributed by atoms with Gasteiger partial charge in [-0.1, -0.05) is 0 Å². The molecule has 0 spiro atoms. The van der Waals surface area contributed by atoms with E-state index < -0.39 is 22.4 Å². The monoisotopic (exact) mass is 290 g/mol. The SMILES string of the molecule is O=C1CCCS(=O)(=O)N1Cc1ccncc1C(F)F. The highest BCUT2D eigenvalue weighted by Gasteiger charge is 2.32. The number of hydrogen-bond donors (Lipinski definition) is 0. The van der Waals surface area contributed by atoms with Gasteiger partial charge in [0.15, 0.2) is 0 Å². The number of nitrogens with zero attached hydrogens (tertiary/aromatic N) is 2. The number of carbonyl (C=O) groups is 1. The minimum atomic E-state index is -3.69. The molecule has 104 valence electrons. The Morgan fingerprint density at radius 2 is 2.16 bits per heavy atom. The summed E-state index contributed by atoms with van der Waals surface area (Å²) in [6.07, 6.45) is -0.0841. The standard InChI is InChI=1S/C11H12F2N2O3S/c12-11(13)9-6-14-4-3-8(9)7-15-10(16)2-1-5-19(15,17)18/h3-4,6,11H,1-2,5,7H2. The third-order valence-electron chi connectivity index (χ3n) is 2.90. The van der Waals surface area contributed by atoms with Crippen LogP contribution in [-0.2, 0) is 21.4 Å². The molecule has 0 unspecified atom stereocenters. The summed E-state index contributed by atoms with van der Waals surface area (Å²) in [5, 5.41) is 0. The number of amides is 1. The topological polar surface area (TPSA) is 67.3 Å². The Hall–Kier alpha value is -1.57. The van der Waals surface area contributed by atoms with E-state index in [0.29, 0.717) is 4.31 Å². The normalized spacial score (nSPS) is 18.9. The molecule has 1 aliphatic heterocycles. The van der Waals surface area contributed by atoms with E-state index in [1.165, 1.54) is 12.3 Å². The van der Waals surface area contributed by atoms with Crippen molar-refractivity contribution >= 4 is 15.9 Å². The highest BCUT2D eigenvalue weighted by molar-refractivity contribution is 7.89. The summed E-state index contributed by atoms with van der Waals surface area (Å²) >= 11 is 0. The van der Waals surface area contributed by atoms with Gasteiger partial charge in [0.2, 0.25) is 15.9 Å². The molecule has 1 amide bonds. The fourth-order valence-corrected chi connectivity index (χ4v) is 3.38. The number of halogens is 2. The van der Waals surface area contributed by atoms with Crippen molar-refractivity contribution in [3.63, 3.8) is 0 Å². The van der Waals surface area contributed by atoms with Crippen molar-refractivity contribution < 1.29 is 22.0 Å². The number of alkyl halides is 2. The van der Waals surface area contributed by atoms with E-state index in [4.69, 9.17) is 0 Å². The maximum atomic E-state index is 12.8. The summed E-state index contributed by atoms with van der Waals surface area (Å²) in [5.74, 6) is -0.684. The lowest BCUT2D eigenvalue weighted by molar-refractivity contribution is -0.127. The van der Waals surface area contributed by atoms with E-state index in [-0.39, 0.29) is 36.3 Å². The first-order valence-corrected chi connectivity index (χ1v) is 7.27. The zero-order valence-electron chi connectivity index (χ0n) is 9.92. The molecule has 1 aromatic rings. The Kier molecular flexibility index (Phi) is 3.79. The molecule has 8 heteroatoms. The van der Waals surface area contributed by atoms with Crippen LogP contribution in [0.1, 0.15) is 30.4 Å². The van der Waals surface area contributed by atoms with Crippen molar-refractivity contribution in [1.29, 1.82) is 0 Å². The molecule has 0 aromatic carbocycles. The smallest absolute Gasteiger partial charge is 0.265 e. The maximum Gasteiger partial charge on any atom is 0.265 e. The molecule has 19 heavy (non-hydrogen) atoms. The third kappa shape index (κ3) is 2.89. The van der Waals surface area contributed by atoms with Crippen LogP contribution in [0.25, 0.3) is 0 Å². The second-order valence-electron chi connectivity index (χ2n) is 4.20. The van der Waals surface area contributed by atoms with Gasteiger partial charge >= 0.3 is 0 Å². The number of carbonyl (C=O) groups excluding carboxylic acids is 1. The van der Waals surface area contributed by atoms with E-state index in [1.807, 2.05) is 0 Å².